The number of hydrogen-bond donors (Lipinski definition) is 0. The van der Waals surface area contributed by atoms with Crippen molar-refractivity contribution >= 4 is 0 Å². The molecule has 0 aromatic heterocycles. The van der Waals surface area contributed by atoms with Crippen LogP contribution in [0.5, 0.6) is 0 Å². The average molecular weight is 1010 g/mol. The van der Waals surface area contributed by atoms with Crippen molar-refractivity contribution in [2.24, 2.45) is 23.7 Å². The Balaban J connectivity index is 0.849. The first-order valence-corrected chi connectivity index (χ1v) is 29.2. The van der Waals surface area contributed by atoms with E-state index in [9.17, 15) is 19.3 Å². The van der Waals surface area contributed by atoms with E-state index in [0.29, 0.717) is 54.0 Å². The maximum Gasteiger partial charge on any atom is 0.123 e. The molecule has 0 saturated heterocycles. The van der Waals surface area contributed by atoms with Gasteiger partial charge < -0.3 is 18.9 Å². The summed E-state index contributed by atoms with van der Waals surface area (Å²) in [6, 6.07) is 35.2. The van der Waals surface area contributed by atoms with Crippen molar-refractivity contribution in [3.05, 3.63) is 142 Å². The molecule has 4 aliphatic carbocycles. The van der Waals surface area contributed by atoms with Gasteiger partial charge >= 0.3 is 0 Å². The number of hydrogen-bond acceptors (Lipinski definition) is 6. The lowest BCUT2D eigenvalue weighted by Gasteiger charge is -2.33. The Morgan fingerprint density at radius 3 is 0.878 bits per heavy atom. The molecule has 0 N–H and O–H groups in total. The molecule has 4 saturated carbocycles. The van der Waals surface area contributed by atoms with E-state index in [1.165, 1.54) is 99.3 Å². The quantitative estimate of drug-likeness (QED) is 0.0658. The molecule has 8 rings (SSSR count). The highest BCUT2D eigenvalue weighted by molar-refractivity contribution is 5.34. The zero-order valence-corrected chi connectivity index (χ0v) is 44.8. The minimum Gasteiger partial charge on any atom is -0.376 e. The van der Waals surface area contributed by atoms with Crippen LogP contribution in [0.15, 0.2) is 97.1 Å². The van der Waals surface area contributed by atoms with Crippen molar-refractivity contribution in [1.82, 2.24) is 0 Å². The zero-order chi connectivity index (χ0) is 51.5. The summed E-state index contributed by atoms with van der Waals surface area (Å²) in [5, 5.41) is 18.6. The smallest absolute Gasteiger partial charge is 0.123 e. The van der Waals surface area contributed by atoms with Gasteiger partial charge in [-0.2, -0.15) is 10.5 Å². The second-order valence-corrected chi connectivity index (χ2v) is 23.1. The Morgan fingerprint density at radius 2 is 0.622 bits per heavy atom. The van der Waals surface area contributed by atoms with Crippen LogP contribution in [0.25, 0.3) is 0 Å². The van der Waals surface area contributed by atoms with Gasteiger partial charge in [0.15, 0.2) is 0 Å². The standard InChI is InChI=1S/C66H86F2N2O4/c1-47(71-41-37-49-3-15-55(16-4-49)59-23-11-53(45-69)12-24-59)65(73-43-39-51-7-17-56(18-8-51)60-25-13-54(46-70)14-26-60)35-36-66(74-44-40-52-9-21-58(22-10-52)62-29-33-64(68)34-30-62)48(2)72-42-38-50-5-19-57(20-6-50)61-27-31-63(67)32-28-61/h11-14,23-34,47-52,55-58,65-66H,3-10,15-22,35-44H2,1-2H3. The first kappa shape index (κ1) is 55.8. The molecule has 0 amide bonds. The van der Waals surface area contributed by atoms with Crippen LogP contribution in [-0.2, 0) is 18.9 Å². The summed E-state index contributed by atoms with van der Waals surface area (Å²) in [5.74, 6) is 4.40. The molecule has 0 aliphatic heterocycles. The highest BCUT2D eigenvalue weighted by atomic mass is 19.1. The van der Waals surface area contributed by atoms with E-state index in [1.807, 2.05) is 48.5 Å². The first-order valence-electron chi connectivity index (χ1n) is 29.2. The third-order valence-corrected chi connectivity index (χ3v) is 18.4. The van der Waals surface area contributed by atoms with E-state index < -0.39 is 0 Å². The monoisotopic (exact) mass is 1010 g/mol. The van der Waals surface area contributed by atoms with Crippen molar-refractivity contribution in [1.29, 1.82) is 10.5 Å². The van der Waals surface area contributed by atoms with Gasteiger partial charge in [-0.25, -0.2) is 8.78 Å². The highest BCUT2D eigenvalue weighted by Gasteiger charge is 2.30. The Bertz CT molecular complexity index is 2290. The second kappa shape index (κ2) is 29.2. The van der Waals surface area contributed by atoms with E-state index in [0.717, 1.165) is 95.2 Å². The molecule has 4 fully saturated rings. The van der Waals surface area contributed by atoms with Crippen LogP contribution in [0.2, 0.25) is 0 Å². The fourth-order valence-electron chi connectivity index (χ4n) is 13.3. The lowest BCUT2D eigenvalue weighted by molar-refractivity contribution is -0.0988. The SMILES string of the molecule is CC(OCCC1CCC(c2ccc(F)cc2)CC1)C(CCC(OCCC1CCC(c2ccc(C#N)cc2)CC1)C(C)OCCC1CCC(c2ccc(C#N)cc2)CC1)OCCC1CCC(c2ccc(F)cc2)CC1. The van der Waals surface area contributed by atoms with Gasteiger partial charge in [0, 0.05) is 26.4 Å². The van der Waals surface area contributed by atoms with Crippen LogP contribution < -0.4 is 0 Å². The van der Waals surface area contributed by atoms with Crippen molar-refractivity contribution in [3.8, 4) is 12.1 Å². The van der Waals surface area contributed by atoms with Crippen molar-refractivity contribution in [2.45, 2.75) is 203 Å². The van der Waals surface area contributed by atoms with Gasteiger partial charge in [0.25, 0.3) is 0 Å². The van der Waals surface area contributed by atoms with Crippen LogP contribution in [0.3, 0.4) is 0 Å². The number of rotatable bonds is 25. The van der Waals surface area contributed by atoms with Gasteiger partial charge in [-0.05, 0) is 273 Å². The Morgan fingerprint density at radius 1 is 0.378 bits per heavy atom. The molecule has 0 heterocycles. The maximum absolute atomic E-state index is 13.7. The molecule has 74 heavy (non-hydrogen) atoms. The predicted octanol–water partition coefficient (Wildman–Crippen LogP) is 16.8. The summed E-state index contributed by atoms with van der Waals surface area (Å²) in [5.41, 5.74) is 6.70. The van der Waals surface area contributed by atoms with Crippen LogP contribution in [0.1, 0.15) is 212 Å². The number of benzene rings is 4. The zero-order valence-electron chi connectivity index (χ0n) is 44.8. The predicted molar refractivity (Wildman–Crippen MR) is 292 cm³/mol. The molecule has 6 nitrogen and oxygen atoms in total. The van der Waals surface area contributed by atoms with Crippen molar-refractivity contribution in [2.75, 3.05) is 26.4 Å². The minimum atomic E-state index is -0.167. The summed E-state index contributed by atoms with van der Waals surface area (Å²) in [6.07, 6.45) is 24.5. The molecule has 0 bridgehead atoms. The number of halogens is 2. The molecule has 8 heteroatoms. The topological polar surface area (TPSA) is 84.5 Å². The van der Waals surface area contributed by atoms with E-state index in [1.54, 1.807) is 24.3 Å². The van der Waals surface area contributed by atoms with Crippen LogP contribution in [0, 0.1) is 58.0 Å². The molecule has 4 aliphatic rings. The molecule has 4 unspecified atom stereocenters. The second-order valence-electron chi connectivity index (χ2n) is 23.1. The molecular weight excluding hydrogens is 923 g/mol. The van der Waals surface area contributed by atoms with Gasteiger partial charge in [0.1, 0.15) is 11.6 Å². The minimum absolute atomic E-state index is 0.0460. The molecule has 398 valence electrons. The molecule has 4 aromatic rings. The third-order valence-electron chi connectivity index (χ3n) is 18.4. The molecule has 0 radical (unpaired) electrons. The first-order chi connectivity index (χ1) is 36.2. The summed E-state index contributed by atoms with van der Waals surface area (Å²) >= 11 is 0. The highest BCUT2D eigenvalue weighted by Crippen LogP contribution is 2.41. The number of nitriles is 2. The largest absolute Gasteiger partial charge is 0.376 e. The van der Waals surface area contributed by atoms with E-state index in [2.05, 4.69) is 50.3 Å². The van der Waals surface area contributed by atoms with Gasteiger partial charge in [-0.1, -0.05) is 48.5 Å². The van der Waals surface area contributed by atoms with Gasteiger partial charge in [0.2, 0.25) is 0 Å². The van der Waals surface area contributed by atoms with Crippen LogP contribution in [-0.4, -0.2) is 50.8 Å². The van der Waals surface area contributed by atoms with Gasteiger partial charge in [-0.3, -0.25) is 0 Å². The van der Waals surface area contributed by atoms with Crippen LogP contribution >= 0.6 is 0 Å². The molecule has 4 atom stereocenters. The lowest BCUT2D eigenvalue weighted by atomic mass is 9.77. The maximum atomic E-state index is 13.7. The lowest BCUT2D eigenvalue weighted by Crippen LogP contribution is -2.35. The fraction of sp³-hybridized carbons (Fsp3) is 0.606. The number of nitrogens with zero attached hydrogens (tertiary/aromatic N) is 2. The molecule has 0 spiro atoms. The normalized spacial score (nSPS) is 26.0. The molecular formula is C66H86F2N2O4. The van der Waals surface area contributed by atoms with Crippen molar-refractivity contribution < 1.29 is 27.7 Å². The fourth-order valence-corrected chi connectivity index (χ4v) is 13.3. The average Bonchev–Trinajstić information content (AvgIpc) is 3.44. The Hall–Kier alpha value is -4.44. The van der Waals surface area contributed by atoms with Gasteiger partial charge in [0.05, 0.1) is 47.7 Å². The molecule has 4 aromatic carbocycles. The van der Waals surface area contributed by atoms with Gasteiger partial charge in [-0.15, -0.1) is 0 Å². The summed E-state index contributed by atoms with van der Waals surface area (Å²) < 4.78 is 54.7. The van der Waals surface area contributed by atoms with E-state index >= 15 is 0 Å². The van der Waals surface area contributed by atoms with E-state index in [-0.39, 0.29) is 36.1 Å². The summed E-state index contributed by atoms with van der Waals surface area (Å²) in [6.45, 7) is 7.34. The van der Waals surface area contributed by atoms with Crippen molar-refractivity contribution in [3.63, 3.8) is 0 Å². The van der Waals surface area contributed by atoms with Crippen LogP contribution in [0.4, 0.5) is 8.78 Å². The summed E-state index contributed by atoms with van der Waals surface area (Å²) in [7, 11) is 0. The number of ether oxygens (including phenoxy) is 4. The Kier molecular flexibility index (Phi) is 22.0. The summed E-state index contributed by atoms with van der Waals surface area (Å²) in [4.78, 5) is 0. The third kappa shape index (κ3) is 17.0. The Labute approximate surface area is 443 Å². The van der Waals surface area contributed by atoms with E-state index in [4.69, 9.17) is 18.9 Å².